The minimum atomic E-state index is -2.74. The van der Waals surface area contributed by atoms with Crippen LogP contribution in [0.3, 0.4) is 0 Å². The Bertz CT molecular complexity index is 696. The maximum Gasteiger partial charge on any atom is 0.205 e. The summed E-state index contributed by atoms with van der Waals surface area (Å²) in [6, 6.07) is 0. The van der Waals surface area contributed by atoms with Gasteiger partial charge in [0, 0.05) is 0 Å². The first-order valence-electron chi connectivity index (χ1n) is 26.7. The average Bonchev–Trinajstić information content (AvgIpc) is 3.16. The molecule has 56 heavy (non-hydrogen) atoms. The van der Waals surface area contributed by atoms with Crippen molar-refractivity contribution in [2.75, 3.05) is 0 Å². The summed E-state index contributed by atoms with van der Waals surface area (Å²) in [4.78, 5) is 13.5. The first-order chi connectivity index (χ1) is 26.9. The number of hydrogen-bond donors (Lipinski definition) is 1. The van der Waals surface area contributed by atoms with Gasteiger partial charge in [0.05, 0.1) is 0 Å². The van der Waals surface area contributed by atoms with E-state index in [0.717, 1.165) is 0 Å². The van der Waals surface area contributed by atoms with Gasteiger partial charge < -0.3 is 4.80 Å². The molecule has 0 saturated heterocycles. The molecule has 0 atom stereocenters. The van der Waals surface area contributed by atoms with Crippen LogP contribution in [0.25, 0.3) is 0 Å². The number of rotatable bonds is 45. The van der Waals surface area contributed by atoms with Crippen LogP contribution in [0.4, 0.5) is 0 Å². The third-order valence-electron chi connectivity index (χ3n) is 14.7. The van der Waals surface area contributed by atoms with E-state index >= 15 is 0 Å². The molecular formula is C54H112OSi. The SMILES string of the molecule is CCCCCCCCCCCCCCCC(C)(C)[Si](O)(C(C)(C)CCCCCCCCCCCCCCC)C(C)(C)CCCCCCCCCCCCCCC. The van der Waals surface area contributed by atoms with E-state index in [1.165, 1.54) is 270 Å². The van der Waals surface area contributed by atoms with E-state index in [1.807, 2.05) is 0 Å². The summed E-state index contributed by atoms with van der Waals surface area (Å²) in [5.41, 5.74) is 0. The highest BCUT2D eigenvalue weighted by Crippen LogP contribution is 2.65. The molecule has 0 fully saturated rings. The Hall–Kier alpha value is 0.177. The van der Waals surface area contributed by atoms with Crippen molar-refractivity contribution in [3.63, 3.8) is 0 Å². The van der Waals surface area contributed by atoms with Crippen LogP contribution in [-0.2, 0) is 0 Å². The summed E-state index contributed by atoms with van der Waals surface area (Å²) < 4.78 is 0. The van der Waals surface area contributed by atoms with Crippen molar-refractivity contribution >= 4 is 8.32 Å². The predicted octanol–water partition coefficient (Wildman–Crippen LogP) is 20.7. The van der Waals surface area contributed by atoms with Gasteiger partial charge in [-0.2, -0.15) is 0 Å². The molecule has 0 aromatic heterocycles. The molecule has 0 aliphatic carbocycles. The van der Waals surface area contributed by atoms with Crippen LogP contribution in [0.1, 0.15) is 332 Å². The second kappa shape index (κ2) is 37.0. The van der Waals surface area contributed by atoms with Gasteiger partial charge in [-0.15, -0.1) is 0 Å². The normalized spacial score (nSPS) is 13.0. The van der Waals surface area contributed by atoms with Crippen molar-refractivity contribution in [2.24, 2.45) is 0 Å². The number of hydrogen-bond acceptors (Lipinski definition) is 1. The lowest BCUT2D eigenvalue weighted by Gasteiger charge is -2.58. The maximum absolute atomic E-state index is 13.5. The van der Waals surface area contributed by atoms with Gasteiger partial charge in [0.15, 0.2) is 0 Å². The predicted molar refractivity (Wildman–Crippen MR) is 261 cm³/mol. The van der Waals surface area contributed by atoms with Gasteiger partial charge in [0.2, 0.25) is 8.32 Å². The zero-order chi connectivity index (χ0) is 41.7. The smallest absolute Gasteiger partial charge is 0.205 e. The monoisotopic (exact) mass is 805 g/mol. The van der Waals surface area contributed by atoms with Gasteiger partial charge in [0.25, 0.3) is 0 Å². The second-order valence-corrected chi connectivity index (χ2v) is 26.8. The van der Waals surface area contributed by atoms with E-state index in [2.05, 4.69) is 62.3 Å². The lowest BCUT2D eigenvalue weighted by atomic mass is 9.99. The summed E-state index contributed by atoms with van der Waals surface area (Å²) in [6.45, 7) is 22.0. The molecule has 1 N–H and O–H groups in total. The molecule has 0 bridgehead atoms. The molecule has 0 rings (SSSR count). The molecule has 0 radical (unpaired) electrons. The van der Waals surface area contributed by atoms with Gasteiger partial charge in [-0.1, -0.05) is 313 Å². The molecule has 0 saturated carbocycles. The maximum atomic E-state index is 13.5. The van der Waals surface area contributed by atoms with Crippen molar-refractivity contribution in [1.82, 2.24) is 0 Å². The molecule has 0 amide bonds. The van der Waals surface area contributed by atoms with E-state index in [-0.39, 0.29) is 15.1 Å². The van der Waals surface area contributed by atoms with E-state index < -0.39 is 8.32 Å². The van der Waals surface area contributed by atoms with E-state index in [4.69, 9.17) is 0 Å². The highest BCUT2D eigenvalue weighted by Gasteiger charge is 2.63. The summed E-state index contributed by atoms with van der Waals surface area (Å²) in [7, 11) is -2.74. The summed E-state index contributed by atoms with van der Waals surface area (Å²) in [5, 5.41) is 0.0978. The van der Waals surface area contributed by atoms with Gasteiger partial charge >= 0.3 is 0 Å². The Morgan fingerprint density at radius 3 is 0.500 bits per heavy atom. The fraction of sp³-hybridized carbons (Fsp3) is 1.00. The lowest BCUT2D eigenvalue weighted by Crippen LogP contribution is -2.61. The molecule has 0 unspecified atom stereocenters. The molecule has 0 spiro atoms. The molecular weight excluding hydrogens is 693 g/mol. The quantitative estimate of drug-likeness (QED) is 0.0480. The van der Waals surface area contributed by atoms with Crippen molar-refractivity contribution in [2.45, 2.75) is 347 Å². The fourth-order valence-electron chi connectivity index (χ4n) is 11.0. The molecule has 0 aliphatic heterocycles. The molecule has 338 valence electrons. The van der Waals surface area contributed by atoms with Crippen LogP contribution in [0.15, 0.2) is 0 Å². The average molecular weight is 806 g/mol. The minimum absolute atomic E-state index is 0.0326. The second-order valence-electron chi connectivity index (χ2n) is 21.3. The summed E-state index contributed by atoms with van der Waals surface area (Å²) >= 11 is 0. The summed E-state index contributed by atoms with van der Waals surface area (Å²) in [6.07, 6.45) is 58.6. The van der Waals surface area contributed by atoms with Gasteiger partial charge in [0.1, 0.15) is 0 Å². The molecule has 0 aromatic rings. The van der Waals surface area contributed by atoms with Crippen molar-refractivity contribution in [3.8, 4) is 0 Å². The van der Waals surface area contributed by atoms with Gasteiger partial charge in [-0.25, -0.2) is 0 Å². The Morgan fingerprint density at radius 2 is 0.357 bits per heavy atom. The first kappa shape index (κ1) is 56.2. The van der Waals surface area contributed by atoms with Crippen LogP contribution >= 0.6 is 0 Å². The third kappa shape index (κ3) is 27.1. The van der Waals surface area contributed by atoms with Gasteiger partial charge in [-0.3, -0.25) is 0 Å². The van der Waals surface area contributed by atoms with E-state index in [1.54, 1.807) is 0 Å². The topological polar surface area (TPSA) is 20.2 Å². The molecule has 2 heteroatoms. The van der Waals surface area contributed by atoms with Crippen LogP contribution in [0, 0.1) is 0 Å². The molecule has 0 heterocycles. The van der Waals surface area contributed by atoms with Crippen LogP contribution in [0.2, 0.25) is 15.1 Å². The van der Waals surface area contributed by atoms with Crippen molar-refractivity contribution in [3.05, 3.63) is 0 Å². The Kier molecular flexibility index (Phi) is 37.1. The van der Waals surface area contributed by atoms with Crippen molar-refractivity contribution < 1.29 is 4.80 Å². The Morgan fingerprint density at radius 1 is 0.232 bits per heavy atom. The minimum Gasteiger partial charge on any atom is -0.430 e. The van der Waals surface area contributed by atoms with Crippen LogP contribution < -0.4 is 0 Å². The lowest BCUT2D eigenvalue weighted by molar-refractivity contribution is 0.301. The molecule has 1 nitrogen and oxygen atoms in total. The first-order valence-corrected chi connectivity index (χ1v) is 28.6. The largest absolute Gasteiger partial charge is 0.430 e. The van der Waals surface area contributed by atoms with E-state index in [0.29, 0.717) is 0 Å². The zero-order valence-electron chi connectivity index (χ0n) is 41.1. The number of unbranched alkanes of at least 4 members (excludes halogenated alkanes) is 36. The highest BCUT2D eigenvalue weighted by atomic mass is 28.4. The molecule has 0 aliphatic rings. The Labute approximate surface area is 358 Å². The summed E-state index contributed by atoms with van der Waals surface area (Å²) in [5.74, 6) is 0. The zero-order valence-corrected chi connectivity index (χ0v) is 42.1. The fourth-order valence-corrected chi connectivity index (χ4v) is 18.2. The molecule has 0 aromatic carbocycles. The highest BCUT2D eigenvalue weighted by molar-refractivity contribution is 6.81. The van der Waals surface area contributed by atoms with Crippen LogP contribution in [0.5, 0.6) is 0 Å². The standard InChI is InChI=1S/C54H112OSi/c1-10-13-16-19-22-25-28-31-34-37-40-43-46-49-52(4,5)56(55,53(6,7)50-47-44-41-38-35-32-29-26-23-20-17-14-11-2)54(8,9)51-48-45-42-39-36-33-30-27-24-21-18-15-12-3/h55H,10-51H2,1-9H3. The Balaban J connectivity index is 4.96. The van der Waals surface area contributed by atoms with Crippen LogP contribution in [-0.4, -0.2) is 13.1 Å². The van der Waals surface area contributed by atoms with E-state index in [9.17, 15) is 4.80 Å². The van der Waals surface area contributed by atoms with Gasteiger partial charge in [-0.05, 0) is 34.4 Å². The van der Waals surface area contributed by atoms with Crippen molar-refractivity contribution in [1.29, 1.82) is 0 Å². The third-order valence-corrected chi connectivity index (χ3v) is 21.3.